The van der Waals surface area contributed by atoms with E-state index in [0.717, 1.165) is 22.4 Å². The molecule has 0 unspecified atom stereocenters. The first-order valence-corrected chi connectivity index (χ1v) is 8.20. The van der Waals surface area contributed by atoms with E-state index in [-0.39, 0.29) is 5.91 Å². The number of amides is 1. The minimum atomic E-state index is -0.905. The van der Waals surface area contributed by atoms with Crippen molar-refractivity contribution in [2.24, 2.45) is 0 Å². The van der Waals surface area contributed by atoms with Crippen LogP contribution in [0.5, 0.6) is 0 Å². The van der Waals surface area contributed by atoms with Crippen LogP contribution in [-0.2, 0) is 9.53 Å². The summed E-state index contributed by atoms with van der Waals surface area (Å²) in [6.07, 6.45) is -0.905. The van der Waals surface area contributed by atoms with Gasteiger partial charge in [0.2, 0.25) is 0 Å². The van der Waals surface area contributed by atoms with Gasteiger partial charge in [0.25, 0.3) is 5.91 Å². The standard InChI is InChI=1S/C20H24N2O3/c1-12-10-13(2)18(14(3)11-12)22-19(23)15(4)25-20(24)16-8-6-7-9-17(16)21-5/h6-11,15,21H,1-5H3,(H,22,23)/t15-/m1/s1. The average molecular weight is 340 g/mol. The van der Waals surface area contributed by atoms with Gasteiger partial charge in [-0.1, -0.05) is 29.8 Å². The third kappa shape index (κ3) is 4.38. The molecule has 132 valence electrons. The molecule has 0 aliphatic heterocycles. The fraction of sp³-hybridized carbons (Fsp3) is 0.300. The van der Waals surface area contributed by atoms with Crippen molar-refractivity contribution in [2.45, 2.75) is 33.8 Å². The number of carbonyl (C=O) groups is 2. The van der Waals surface area contributed by atoms with Gasteiger partial charge in [-0.05, 0) is 51.0 Å². The van der Waals surface area contributed by atoms with Crippen LogP contribution in [0.15, 0.2) is 36.4 Å². The van der Waals surface area contributed by atoms with Crippen molar-refractivity contribution in [2.75, 3.05) is 17.7 Å². The lowest BCUT2D eigenvalue weighted by Crippen LogP contribution is -2.30. The van der Waals surface area contributed by atoms with Gasteiger partial charge in [-0.15, -0.1) is 0 Å². The summed E-state index contributed by atoms with van der Waals surface area (Å²) in [4.78, 5) is 24.7. The van der Waals surface area contributed by atoms with Gasteiger partial charge >= 0.3 is 5.97 Å². The Bertz CT molecular complexity index is 776. The number of aryl methyl sites for hydroxylation is 3. The summed E-state index contributed by atoms with van der Waals surface area (Å²) in [5.74, 6) is -0.893. The van der Waals surface area contributed by atoms with Gasteiger partial charge in [0.1, 0.15) is 0 Å². The number of hydrogen-bond acceptors (Lipinski definition) is 4. The first-order chi connectivity index (χ1) is 11.8. The lowest BCUT2D eigenvalue weighted by atomic mass is 10.0. The van der Waals surface area contributed by atoms with Crippen molar-refractivity contribution in [1.29, 1.82) is 0 Å². The summed E-state index contributed by atoms with van der Waals surface area (Å²) in [7, 11) is 1.73. The molecule has 2 rings (SSSR count). The highest BCUT2D eigenvalue weighted by molar-refractivity contribution is 6.00. The highest BCUT2D eigenvalue weighted by Crippen LogP contribution is 2.22. The molecule has 0 radical (unpaired) electrons. The van der Waals surface area contributed by atoms with Gasteiger partial charge < -0.3 is 15.4 Å². The summed E-state index contributed by atoms with van der Waals surface area (Å²) in [6.45, 7) is 7.45. The Morgan fingerprint density at radius 3 is 2.24 bits per heavy atom. The van der Waals surface area contributed by atoms with E-state index in [2.05, 4.69) is 10.6 Å². The van der Waals surface area contributed by atoms with E-state index >= 15 is 0 Å². The summed E-state index contributed by atoms with van der Waals surface area (Å²) >= 11 is 0. The second kappa shape index (κ2) is 7.83. The van der Waals surface area contributed by atoms with E-state index < -0.39 is 12.1 Å². The SMILES string of the molecule is CNc1ccccc1C(=O)O[C@H](C)C(=O)Nc1c(C)cc(C)cc1C. The van der Waals surface area contributed by atoms with Crippen molar-refractivity contribution >= 4 is 23.3 Å². The molecule has 0 aliphatic carbocycles. The predicted octanol–water partition coefficient (Wildman–Crippen LogP) is 3.84. The van der Waals surface area contributed by atoms with Crippen LogP contribution in [0.3, 0.4) is 0 Å². The number of para-hydroxylation sites is 1. The number of rotatable bonds is 5. The van der Waals surface area contributed by atoms with Crippen molar-refractivity contribution in [3.8, 4) is 0 Å². The summed E-state index contributed by atoms with van der Waals surface area (Å²) in [6, 6.07) is 11.0. The van der Waals surface area contributed by atoms with Crippen molar-refractivity contribution < 1.29 is 14.3 Å². The number of anilines is 2. The third-order valence-corrected chi connectivity index (χ3v) is 3.99. The topological polar surface area (TPSA) is 67.4 Å². The normalized spacial score (nSPS) is 11.6. The first-order valence-electron chi connectivity index (χ1n) is 8.20. The Morgan fingerprint density at radius 2 is 1.64 bits per heavy atom. The lowest BCUT2D eigenvalue weighted by Gasteiger charge is -2.17. The van der Waals surface area contributed by atoms with E-state index in [1.54, 1.807) is 32.2 Å². The van der Waals surface area contributed by atoms with Gasteiger partial charge in [-0.3, -0.25) is 4.79 Å². The number of nitrogens with one attached hydrogen (secondary N) is 2. The van der Waals surface area contributed by atoms with Crippen LogP contribution in [-0.4, -0.2) is 25.0 Å². The molecule has 5 heteroatoms. The first kappa shape index (κ1) is 18.5. The lowest BCUT2D eigenvalue weighted by molar-refractivity contribution is -0.123. The molecular weight excluding hydrogens is 316 g/mol. The van der Waals surface area contributed by atoms with Gasteiger partial charge in [0.15, 0.2) is 6.10 Å². The monoisotopic (exact) mass is 340 g/mol. The molecular formula is C20H24N2O3. The molecule has 2 N–H and O–H groups in total. The van der Waals surface area contributed by atoms with Crippen LogP contribution in [0.4, 0.5) is 11.4 Å². The summed E-state index contributed by atoms with van der Waals surface area (Å²) in [5.41, 5.74) is 4.90. The minimum absolute atomic E-state index is 0.356. The predicted molar refractivity (Wildman–Crippen MR) is 100 cm³/mol. The molecule has 0 fully saturated rings. The second-order valence-electron chi connectivity index (χ2n) is 6.11. The van der Waals surface area contributed by atoms with Crippen LogP contribution in [0.2, 0.25) is 0 Å². The highest BCUT2D eigenvalue weighted by Gasteiger charge is 2.21. The van der Waals surface area contributed by atoms with Crippen molar-refractivity contribution in [1.82, 2.24) is 0 Å². The minimum Gasteiger partial charge on any atom is -0.449 e. The van der Waals surface area contributed by atoms with E-state index in [1.807, 2.05) is 39.0 Å². The van der Waals surface area contributed by atoms with Crippen LogP contribution >= 0.6 is 0 Å². The fourth-order valence-corrected chi connectivity index (χ4v) is 2.76. The smallest absolute Gasteiger partial charge is 0.341 e. The molecule has 25 heavy (non-hydrogen) atoms. The second-order valence-corrected chi connectivity index (χ2v) is 6.11. The Morgan fingerprint density at radius 1 is 1.04 bits per heavy atom. The number of carbonyl (C=O) groups excluding carboxylic acids is 2. The Kier molecular flexibility index (Phi) is 5.80. The van der Waals surface area contributed by atoms with Crippen LogP contribution in [0.1, 0.15) is 34.0 Å². The van der Waals surface area contributed by atoms with E-state index in [0.29, 0.717) is 11.3 Å². The molecule has 1 amide bonds. The summed E-state index contributed by atoms with van der Waals surface area (Å²) in [5, 5.41) is 5.80. The maximum absolute atomic E-state index is 12.4. The van der Waals surface area contributed by atoms with Gasteiger partial charge in [-0.25, -0.2) is 4.79 Å². The Balaban J connectivity index is 2.09. The number of ether oxygens (including phenoxy) is 1. The molecule has 1 atom stereocenters. The van der Waals surface area contributed by atoms with Gasteiger partial charge in [0.05, 0.1) is 5.56 Å². The molecule has 0 saturated carbocycles. The van der Waals surface area contributed by atoms with Crippen molar-refractivity contribution in [3.05, 3.63) is 58.7 Å². The number of benzene rings is 2. The molecule has 0 aliphatic rings. The number of esters is 1. The maximum atomic E-state index is 12.4. The quantitative estimate of drug-likeness (QED) is 0.812. The molecule has 0 bridgehead atoms. The van der Waals surface area contributed by atoms with Gasteiger partial charge in [0, 0.05) is 18.4 Å². The zero-order chi connectivity index (χ0) is 18.6. The highest BCUT2D eigenvalue weighted by atomic mass is 16.5. The molecule has 2 aromatic rings. The summed E-state index contributed by atoms with van der Waals surface area (Å²) < 4.78 is 5.33. The molecule has 0 saturated heterocycles. The number of hydrogen-bond donors (Lipinski definition) is 2. The largest absolute Gasteiger partial charge is 0.449 e. The van der Waals surface area contributed by atoms with Gasteiger partial charge in [-0.2, -0.15) is 0 Å². The van der Waals surface area contributed by atoms with E-state index in [9.17, 15) is 9.59 Å². The van der Waals surface area contributed by atoms with Crippen LogP contribution in [0, 0.1) is 20.8 Å². The molecule has 5 nitrogen and oxygen atoms in total. The van der Waals surface area contributed by atoms with E-state index in [4.69, 9.17) is 4.74 Å². The Hall–Kier alpha value is -2.82. The molecule has 2 aromatic carbocycles. The zero-order valence-electron chi connectivity index (χ0n) is 15.3. The van der Waals surface area contributed by atoms with E-state index in [1.165, 1.54) is 0 Å². The van der Waals surface area contributed by atoms with Crippen LogP contribution < -0.4 is 10.6 Å². The molecule has 0 spiro atoms. The third-order valence-electron chi connectivity index (χ3n) is 3.99. The fourth-order valence-electron chi connectivity index (χ4n) is 2.76. The average Bonchev–Trinajstić information content (AvgIpc) is 2.57. The molecule has 0 heterocycles. The van der Waals surface area contributed by atoms with Crippen LogP contribution in [0.25, 0.3) is 0 Å². The Labute approximate surface area is 148 Å². The zero-order valence-corrected chi connectivity index (χ0v) is 15.3. The molecule has 0 aromatic heterocycles. The van der Waals surface area contributed by atoms with Crippen molar-refractivity contribution in [3.63, 3.8) is 0 Å². The maximum Gasteiger partial charge on any atom is 0.341 e.